The van der Waals surface area contributed by atoms with Gasteiger partial charge in [-0.3, -0.25) is 14.4 Å². The summed E-state index contributed by atoms with van der Waals surface area (Å²) < 4.78 is 5.23. The number of carbonyl (C=O) groups excluding carboxylic acids is 4. The number of nitrogens with one attached hydrogen (secondary N) is 3. The van der Waals surface area contributed by atoms with Crippen LogP contribution < -0.4 is 16.0 Å². The fourth-order valence-electron chi connectivity index (χ4n) is 5.46. The number of ether oxygens (including phenoxy) is 1. The number of nitrogens with zero attached hydrogens (tertiary/aromatic N) is 2. The highest BCUT2D eigenvalue weighted by Crippen LogP contribution is 2.28. The SMILES string of the molecule is Cc1ncsc1-c1ccc(CNC(=O)[C@@H]2C[C@@H](O)CN2C(=O)[C@@H](NC(=O)CCCCCCCNC(=O)OC(C)(C)C)C(C)(C)C)cc1. The number of alkyl carbamates (subject to hydrolysis) is 1. The third-order valence-electron chi connectivity index (χ3n) is 7.96. The van der Waals surface area contributed by atoms with Gasteiger partial charge >= 0.3 is 6.09 Å². The first-order valence-electron chi connectivity index (χ1n) is 16.6. The Morgan fingerprint density at radius 1 is 1.00 bits per heavy atom. The third kappa shape index (κ3) is 12.2. The smallest absolute Gasteiger partial charge is 0.407 e. The summed E-state index contributed by atoms with van der Waals surface area (Å²) in [5, 5.41) is 19.1. The van der Waals surface area contributed by atoms with E-state index in [9.17, 15) is 24.3 Å². The van der Waals surface area contributed by atoms with Crippen molar-refractivity contribution in [1.29, 1.82) is 0 Å². The van der Waals surface area contributed by atoms with Crippen LogP contribution in [0.2, 0.25) is 0 Å². The summed E-state index contributed by atoms with van der Waals surface area (Å²) >= 11 is 1.58. The van der Waals surface area contributed by atoms with Gasteiger partial charge < -0.3 is 30.7 Å². The fraction of sp³-hybridized carbons (Fsp3) is 0.629. The van der Waals surface area contributed by atoms with Crippen molar-refractivity contribution in [2.45, 2.75) is 124 Å². The lowest BCUT2D eigenvalue weighted by Gasteiger charge is -2.35. The Bertz CT molecular complexity index is 1350. The molecule has 4 N–H and O–H groups in total. The van der Waals surface area contributed by atoms with E-state index >= 15 is 0 Å². The molecule has 11 nitrogen and oxygen atoms in total. The molecule has 0 unspecified atom stereocenters. The first-order chi connectivity index (χ1) is 22.0. The number of hydrogen-bond acceptors (Lipinski definition) is 8. The van der Waals surface area contributed by atoms with Crippen LogP contribution in [-0.2, 0) is 25.7 Å². The molecule has 2 heterocycles. The first-order valence-corrected chi connectivity index (χ1v) is 17.4. The first kappa shape index (κ1) is 37.9. The molecule has 0 spiro atoms. The van der Waals surface area contributed by atoms with E-state index in [1.54, 1.807) is 11.3 Å². The quantitative estimate of drug-likeness (QED) is 0.204. The molecule has 47 heavy (non-hydrogen) atoms. The molecule has 1 aromatic carbocycles. The number of aliphatic hydroxyl groups excluding tert-OH is 1. The van der Waals surface area contributed by atoms with Gasteiger partial charge in [0.25, 0.3) is 0 Å². The molecule has 0 bridgehead atoms. The summed E-state index contributed by atoms with van der Waals surface area (Å²) in [6.45, 7) is 13.9. The van der Waals surface area contributed by atoms with Crippen LogP contribution in [0, 0.1) is 12.3 Å². The minimum atomic E-state index is -0.850. The lowest BCUT2D eigenvalue weighted by Crippen LogP contribution is -2.57. The van der Waals surface area contributed by atoms with Crippen molar-refractivity contribution in [2.24, 2.45) is 5.41 Å². The van der Waals surface area contributed by atoms with Gasteiger partial charge in [0.15, 0.2) is 0 Å². The number of aliphatic hydroxyl groups is 1. The van der Waals surface area contributed by atoms with Gasteiger partial charge in [0.2, 0.25) is 17.7 Å². The van der Waals surface area contributed by atoms with Gasteiger partial charge in [-0.15, -0.1) is 11.3 Å². The summed E-state index contributed by atoms with van der Waals surface area (Å²) in [4.78, 5) is 58.6. The summed E-state index contributed by atoms with van der Waals surface area (Å²) in [6, 6.07) is 6.23. The van der Waals surface area contributed by atoms with Crippen LogP contribution >= 0.6 is 11.3 Å². The van der Waals surface area contributed by atoms with Gasteiger partial charge in [-0.25, -0.2) is 9.78 Å². The molecule has 4 amide bonds. The molecule has 2 aromatic rings. The Hall–Kier alpha value is -3.51. The van der Waals surface area contributed by atoms with Crippen LogP contribution in [0.4, 0.5) is 4.79 Å². The van der Waals surface area contributed by atoms with Gasteiger partial charge in [-0.1, -0.05) is 64.3 Å². The minimum Gasteiger partial charge on any atom is -0.444 e. The molecule has 1 aromatic heterocycles. The molecule has 1 saturated heterocycles. The van der Waals surface area contributed by atoms with E-state index in [0.717, 1.165) is 47.4 Å². The molecule has 260 valence electrons. The Morgan fingerprint density at radius 2 is 1.66 bits per heavy atom. The fourth-order valence-corrected chi connectivity index (χ4v) is 6.27. The standard InChI is InChI=1S/C35H53N5O6S/c1-23-29(47-22-38-23)25-16-14-24(15-17-25)20-37-31(43)27-19-26(41)21-40(27)32(44)30(34(2,3)4)39-28(42)13-11-9-8-10-12-18-36-33(45)46-35(5,6)7/h14-17,22,26-27,30,41H,8-13,18-21H2,1-7H3,(H,36,45)(H,37,43)(H,39,42)/t26-,27+,30-/m1/s1. The van der Waals surface area contributed by atoms with E-state index in [2.05, 4.69) is 20.9 Å². The van der Waals surface area contributed by atoms with E-state index in [4.69, 9.17) is 4.74 Å². The van der Waals surface area contributed by atoms with Crippen LogP contribution in [0.3, 0.4) is 0 Å². The van der Waals surface area contributed by atoms with Crippen LogP contribution in [0.1, 0.15) is 97.7 Å². The third-order valence-corrected chi connectivity index (χ3v) is 8.94. The van der Waals surface area contributed by atoms with E-state index in [1.165, 1.54) is 4.90 Å². The number of aryl methyl sites for hydroxylation is 1. The average Bonchev–Trinajstić information content (AvgIpc) is 3.59. The van der Waals surface area contributed by atoms with Gasteiger partial charge in [-0.05, 0) is 57.1 Å². The number of amides is 4. The maximum absolute atomic E-state index is 13.8. The second kappa shape index (κ2) is 17.1. The monoisotopic (exact) mass is 671 g/mol. The van der Waals surface area contributed by atoms with E-state index in [0.29, 0.717) is 13.0 Å². The highest BCUT2D eigenvalue weighted by atomic mass is 32.1. The van der Waals surface area contributed by atoms with Crippen LogP contribution in [0.5, 0.6) is 0 Å². The van der Waals surface area contributed by atoms with Crippen LogP contribution in [-0.4, -0.2) is 75.7 Å². The average molecular weight is 672 g/mol. The summed E-state index contributed by atoms with van der Waals surface area (Å²) in [6.07, 6.45) is 3.36. The molecule has 0 aliphatic carbocycles. The molecular weight excluding hydrogens is 618 g/mol. The summed E-state index contributed by atoms with van der Waals surface area (Å²) in [5.74, 6) is -0.926. The summed E-state index contributed by atoms with van der Waals surface area (Å²) in [7, 11) is 0. The number of unbranched alkanes of at least 4 members (excludes halogenated alkanes) is 4. The zero-order chi connectivity index (χ0) is 34.8. The minimum absolute atomic E-state index is 0.0328. The highest BCUT2D eigenvalue weighted by molar-refractivity contribution is 7.13. The largest absolute Gasteiger partial charge is 0.444 e. The number of thiazole rings is 1. The lowest BCUT2D eigenvalue weighted by molar-refractivity contribution is -0.144. The van der Waals surface area contributed by atoms with Crippen LogP contribution in [0.25, 0.3) is 10.4 Å². The second-order valence-electron chi connectivity index (χ2n) is 14.4. The predicted octanol–water partition coefficient (Wildman–Crippen LogP) is 5.09. The van der Waals surface area contributed by atoms with Crippen molar-refractivity contribution in [3.8, 4) is 10.4 Å². The van der Waals surface area contributed by atoms with Gasteiger partial charge in [-0.2, -0.15) is 0 Å². The Labute approximate surface area is 283 Å². The van der Waals surface area contributed by atoms with E-state index in [1.807, 2.05) is 78.2 Å². The van der Waals surface area contributed by atoms with Crippen molar-refractivity contribution in [2.75, 3.05) is 13.1 Å². The zero-order valence-electron chi connectivity index (χ0n) is 29.0. The molecule has 1 fully saturated rings. The number of β-amino-alcohol motifs (C(OH)–C–C–N with tert-alkyl or cyclic N) is 1. The van der Waals surface area contributed by atoms with Crippen molar-refractivity contribution in [3.63, 3.8) is 0 Å². The Balaban J connectivity index is 1.46. The van der Waals surface area contributed by atoms with Crippen molar-refractivity contribution >= 4 is 35.2 Å². The molecule has 1 aliphatic rings. The number of carbonyl (C=O) groups is 4. The number of hydrogen-bond donors (Lipinski definition) is 4. The maximum Gasteiger partial charge on any atom is 0.407 e. The van der Waals surface area contributed by atoms with E-state index < -0.39 is 35.3 Å². The molecule has 3 atom stereocenters. The van der Waals surface area contributed by atoms with Gasteiger partial charge in [0, 0.05) is 32.5 Å². The molecule has 0 saturated carbocycles. The van der Waals surface area contributed by atoms with Crippen molar-refractivity contribution in [3.05, 3.63) is 41.0 Å². The lowest BCUT2D eigenvalue weighted by atomic mass is 9.85. The molecular formula is C35H53N5O6S. The van der Waals surface area contributed by atoms with E-state index in [-0.39, 0.29) is 43.7 Å². The normalized spacial score (nSPS) is 17.2. The number of benzene rings is 1. The van der Waals surface area contributed by atoms with Crippen LogP contribution in [0.15, 0.2) is 29.8 Å². The molecule has 1 aliphatic heterocycles. The number of rotatable bonds is 14. The summed E-state index contributed by atoms with van der Waals surface area (Å²) in [5.41, 5.74) is 3.64. The topological polar surface area (TPSA) is 150 Å². The Morgan fingerprint density at radius 3 is 2.28 bits per heavy atom. The predicted molar refractivity (Wildman–Crippen MR) is 184 cm³/mol. The van der Waals surface area contributed by atoms with Gasteiger partial charge in [0.1, 0.15) is 17.7 Å². The second-order valence-corrected chi connectivity index (χ2v) is 15.2. The number of aromatic nitrogens is 1. The molecule has 12 heteroatoms. The van der Waals surface area contributed by atoms with Gasteiger partial charge in [0.05, 0.1) is 22.2 Å². The van der Waals surface area contributed by atoms with Crippen molar-refractivity contribution in [1.82, 2.24) is 25.8 Å². The molecule has 0 radical (unpaired) electrons. The Kier molecular flexibility index (Phi) is 13.8. The highest BCUT2D eigenvalue weighted by Gasteiger charge is 2.44. The maximum atomic E-state index is 13.8. The molecule has 3 rings (SSSR count). The number of likely N-dealkylation sites (tertiary alicyclic amines) is 1. The zero-order valence-corrected chi connectivity index (χ0v) is 29.8. The van der Waals surface area contributed by atoms with Crippen molar-refractivity contribution < 1.29 is 29.0 Å².